The number of hydrogen-bond acceptors (Lipinski definition) is 4. The lowest BCUT2D eigenvalue weighted by Crippen LogP contribution is -2.44. The smallest absolute Gasteiger partial charge is 0.341 e. The van der Waals surface area contributed by atoms with E-state index in [1.54, 1.807) is 25.3 Å². The lowest BCUT2D eigenvalue weighted by Gasteiger charge is -2.33. The molecule has 2 aromatic carbocycles. The molecule has 1 aliphatic heterocycles. The van der Waals surface area contributed by atoms with Crippen LogP contribution in [0.15, 0.2) is 66.9 Å². The van der Waals surface area contributed by atoms with E-state index in [9.17, 15) is 9.59 Å². The van der Waals surface area contributed by atoms with Crippen molar-refractivity contribution in [3.63, 3.8) is 0 Å². The monoisotopic (exact) mass is 402 g/mol. The van der Waals surface area contributed by atoms with Crippen LogP contribution >= 0.6 is 0 Å². The van der Waals surface area contributed by atoms with Gasteiger partial charge in [-0.25, -0.2) is 4.79 Å². The van der Waals surface area contributed by atoms with Crippen LogP contribution in [-0.4, -0.2) is 41.0 Å². The summed E-state index contributed by atoms with van der Waals surface area (Å²) in [5.41, 5.74) is 2.31. The molecule has 5 nitrogen and oxygen atoms in total. The van der Waals surface area contributed by atoms with Gasteiger partial charge in [0.15, 0.2) is 6.10 Å². The molecular weight excluding hydrogens is 376 g/mol. The zero-order valence-corrected chi connectivity index (χ0v) is 17.2. The maximum atomic E-state index is 12.8. The Balaban J connectivity index is 1.33. The lowest BCUT2D eigenvalue weighted by molar-refractivity contribution is -0.141. The second-order valence-electron chi connectivity index (χ2n) is 7.89. The highest BCUT2D eigenvalue weighted by Gasteiger charge is 2.28. The molecule has 0 saturated carbocycles. The zero-order chi connectivity index (χ0) is 20.9. The highest BCUT2D eigenvalue weighted by molar-refractivity contribution is 6.03. The number of para-hydroxylation sites is 1. The number of benzene rings is 2. The molecular formula is C25H26N2O3. The summed E-state index contributed by atoms with van der Waals surface area (Å²) in [5.74, 6) is -0.0649. The number of esters is 1. The van der Waals surface area contributed by atoms with Crippen LogP contribution in [0, 0.1) is 5.92 Å². The van der Waals surface area contributed by atoms with Gasteiger partial charge in [-0.05, 0) is 49.8 Å². The molecule has 0 bridgehead atoms. The minimum Gasteiger partial charge on any atom is -0.449 e. The molecule has 2 heterocycles. The molecule has 1 aliphatic rings. The van der Waals surface area contributed by atoms with Crippen LogP contribution < -0.4 is 0 Å². The highest BCUT2D eigenvalue weighted by Crippen LogP contribution is 2.23. The van der Waals surface area contributed by atoms with Crippen LogP contribution in [0.2, 0.25) is 0 Å². The van der Waals surface area contributed by atoms with Gasteiger partial charge in [-0.3, -0.25) is 9.78 Å². The first-order valence-electron chi connectivity index (χ1n) is 10.5. The summed E-state index contributed by atoms with van der Waals surface area (Å²) in [5, 5.41) is 0.867. The highest BCUT2D eigenvalue weighted by atomic mass is 16.5. The van der Waals surface area contributed by atoms with Crippen molar-refractivity contribution in [3.05, 3.63) is 78.0 Å². The Hall–Kier alpha value is -3.21. The van der Waals surface area contributed by atoms with Crippen molar-refractivity contribution in [1.82, 2.24) is 9.88 Å². The molecule has 0 radical (unpaired) electrons. The SMILES string of the molecule is C[C@H](OC(=O)c1cccc2cccnc12)C(=O)N1CCC(Cc2ccccc2)CC1. The van der Waals surface area contributed by atoms with Crippen molar-refractivity contribution >= 4 is 22.8 Å². The largest absolute Gasteiger partial charge is 0.449 e. The van der Waals surface area contributed by atoms with E-state index in [1.165, 1.54) is 5.56 Å². The van der Waals surface area contributed by atoms with Gasteiger partial charge in [0, 0.05) is 24.7 Å². The first-order chi connectivity index (χ1) is 14.6. The van der Waals surface area contributed by atoms with E-state index in [4.69, 9.17) is 4.74 Å². The molecule has 0 N–H and O–H groups in total. The van der Waals surface area contributed by atoms with E-state index in [2.05, 4.69) is 29.2 Å². The van der Waals surface area contributed by atoms with Crippen LogP contribution in [0.3, 0.4) is 0 Å². The van der Waals surface area contributed by atoms with Gasteiger partial charge in [-0.2, -0.15) is 0 Å². The molecule has 30 heavy (non-hydrogen) atoms. The fourth-order valence-corrected chi connectivity index (χ4v) is 4.11. The third-order valence-corrected chi connectivity index (χ3v) is 5.78. The molecule has 0 aliphatic carbocycles. The fourth-order valence-electron chi connectivity index (χ4n) is 4.11. The Morgan fingerprint density at radius 1 is 1.03 bits per heavy atom. The predicted molar refractivity (Wildman–Crippen MR) is 116 cm³/mol. The van der Waals surface area contributed by atoms with Crippen LogP contribution in [0.1, 0.15) is 35.7 Å². The molecule has 1 atom stereocenters. The number of fused-ring (bicyclic) bond motifs is 1. The Morgan fingerprint density at radius 3 is 2.53 bits per heavy atom. The summed E-state index contributed by atoms with van der Waals surface area (Å²) in [7, 11) is 0. The number of piperidine rings is 1. The number of pyridine rings is 1. The van der Waals surface area contributed by atoms with Gasteiger partial charge in [-0.15, -0.1) is 0 Å². The van der Waals surface area contributed by atoms with E-state index in [-0.39, 0.29) is 5.91 Å². The third kappa shape index (κ3) is 4.51. The van der Waals surface area contributed by atoms with Gasteiger partial charge < -0.3 is 9.64 Å². The molecule has 0 spiro atoms. The molecule has 0 unspecified atom stereocenters. The Morgan fingerprint density at radius 2 is 1.77 bits per heavy atom. The average Bonchev–Trinajstić information content (AvgIpc) is 2.79. The first kappa shape index (κ1) is 20.1. The Kier molecular flexibility index (Phi) is 6.07. The molecule has 1 saturated heterocycles. The van der Waals surface area contributed by atoms with Crippen molar-refractivity contribution in [2.75, 3.05) is 13.1 Å². The molecule has 5 heteroatoms. The Bertz CT molecular complexity index is 1020. The minimum absolute atomic E-state index is 0.130. The van der Waals surface area contributed by atoms with Crippen LogP contribution in [0.5, 0.6) is 0 Å². The summed E-state index contributed by atoms with van der Waals surface area (Å²) in [6.07, 6.45) is 3.81. The van der Waals surface area contributed by atoms with E-state index in [0.717, 1.165) is 24.6 Å². The summed E-state index contributed by atoms with van der Waals surface area (Å²) in [6, 6.07) is 19.6. The summed E-state index contributed by atoms with van der Waals surface area (Å²) in [6.45, 7) is 3.05. The number of ether oxygens (including phenoxy) is 1. The quantitative estimate of drug-likeness (QED) is 0.598. The minimum atomic E-state index is -0.817. The standard InChI is InChI=1S/C25H26N2O3/c1-18(30-25(29)22-11-5-9-21-10-6-14-26-23(21)22)24(28)27-15-12-20(13-16-27)17-19-7-3-2-4-8-19/h2-11,14,18,20H,12-13,15-17H2,1H3/t18-/m0/s1. The number of carbonyl (C=O) groups is 2. The summed E-state index contributed by atoms with van der Waals surface area (Å²) in [4.78, 5) is 31.6. The second kappa shape index (κ2) is 9.08. The van der Waals surface area contributed by atoms with Gasteiger partial charge in [0.05, 0.1) is 11.1 Å². The van der Waals surface area contributed by atoms with Crippen molar-refractivity contribution < 1.29 is 14.3 Å². The zero-order valence-electron chi connectivity index (χ0n) is 17.2. The van der Waals surface area contributed by atoms with Crippen molar-refractivity contribution in [2.24, 2.45) is 5.92 Å². The van der Waals surface area contributed by atoms with E-state index >= 15 is 0 Å². The lowest BCUT2D eigenvalue weighted by atomic mass is 9.90. The van der Waals surface area contributed by atoms with Gasteiger partial charge in [0.25, 0.3) is 5.91 Å². The molecule has 3 aromatic rings. The van der Waals surface area contributed by atoms with Gasteiger partial charge in [-0.1, -0.05) is 48.5 Å². The van der Waals surface area contributed by atoms with E-state index in [0.29, 0.717) is 30.1 Å². The first-order valence-corrected chi connectivity index (χ1v) is 10.5. The van der Waals surface area contributed by atoms with Crippen LogP contribution in [0.4, 0.5) is 0 Å². The van der Waals surface area contributed by atoms with E-state index in [1.807, 2.05) is 29.2 Å². The summed E-state index contributed by atoms with van der Waals surface area (Å²) < 4.78 is 5.51. The number of aromatic nitrogens is 1. The second-order valence-corrected chi connectivity index (χ2v) is 7.89. The topological polar surface area (TPSA) is 59.5 Å². The third-order valence-electron chi connectivity index (χ3n) is 5.78. The molecule has 1 amide bonds. The van der Waals surface area contributed by atoms with Crippen LogP contribution in [0.25, 0.3) is 10.9 Å². The number of rotatable bonds is 5. The molecule has 154 valence electrons. The van der Waals surface area contributed by atoms with Crippen LogP contribution in [-0.2, 0) is 16.0 Å². The Labute approximate surface area is 176 Å². The molecule has 1 fully saturated rings. The van der Waals surface area contributed by atoms with Gasteiger partial charge in [0.1, 0.15) is 0 Å². The van der Waals surface area contributed by atoms with Gasteiger partial charge in [0.2, 0.25) is 0 Å². The molecule has 1 aromatic heterocycles. The number of hydrogen-bond donors (Lipinski definition) is 0. The number of carbonyl (C=O) groups excluding carboxylic acids is 2. The van der Waals surface area contributed by atoms with Crippen molar-refractivity contribution in [2.45, 2.75) is 32.3 Å². The van der Waals surface area contributed by atoms with Crippen molar-refractivity contribution in [1.29, 1.82) is 0 Å². The van der Waals surface area contributed by atoms with Gasteiger partial charge >= 0.3 is 5.97 Å². The predicted octanol–water partition coefficient (Wildman–Crippen LogP) is 4.26. The number of nitrogens with zero attached hydrogens (tertiary/aromatic N) is 2. The average molecular weight is 402 g/mol. The normalized spacial score (nSPS) is 15.7. The van der Waals surface area contributed by atoms with Crippen molar-refractivity contribution in [3.8, 4) is 0 Å². The molecule has 4 rings (SSSR count). The maximum Gasteiger partial charge on any atom is 0.341 e. The number of likely N-dealkylation sites (tertiary alicyclic amines) is 1. The van der Waals surface area contributed by atoms with E-state index < -0.39 is 12.1 Å². The maximum absolute atomic E-state index is 12.8. The summed E-state index contributed by atoms with van der Waals surface area (Å²) >= 11 is 0. The fraction of sp³-hybridized carbons (Fsp3) is 0.320. The number of amides is 1.